The topological polar surface area (TPSA) is 45.8 Å². The molecule has 2 heterocycles. The van der Waals surface area contributed by atoms with Crippen LogP contribution in [0.15, 0.2) is 16.7 Å². The zero-order valence-electron chi connectivity index (χ0n) is 8.30. The number of aryl methyl sites for hydroxylation is 1. The van der Waals surface area contributed by atoms with Gasteiger partial charge in [0.15, 0.2) is 5.78 Å². The molecular weight excluding hydrogens is 276 g/mol. The van der Waals surface area contributed by atoms with Crippen molar-refractivity contribution >= 4 is 33.0 Å². The third-order valence-corrected chi connectivity index (χ3v) is 4.19. The van der Waals surface area contributed by atoms with Gasteiger partial charge >= 0.3 is 0 Å². The monoisotopic (exact) mass is 284 g/mol. The van der Waals surface area contributed by atoms with Crippen LogP contribution in [-0.4, -0.2) is 15.8 Å². The number of H-pyrrole nitrogens is 1. The van der Waals surface area contributed by atoms with E-state index in [-0.39, 0.29) is 5.78 Å². The number of imidazole rings is 1. The number of thiophene rings is 1. The molecule has 3 nitrogen and oxygen atoms in total. The molecule has 78 valence electrons. The summed E-state index contributed by atoms with van der Waals surface area (Å²) in [6.07, 6.45) is 1.57. The number of ketones is 1. The van der Waals surface area contributed by atoms with Crippen molar-refractivity contribution in [2.24, 2.45) is 0 Å². The van der Waals surface area contributed by atoms with Gasteiger partial charge in [-0.15, -0.1) is 11.3 Å². The molecule has 0 unspecified atom stereocenters. The summed E-state index contributed by atoms with van der Waals surface area (Å²) in [6.45, 7) is 3.56. The van der Waals surface area contributed by atoms with Gasteiger partial charge < -0.3 is 4.98 Å². The number of nitrogens with one attached hydrogen (secondary N) is 1. The lowest BCUT2D eigenvalue weighted by Crippen LogP contribution is -1.90. The van der Waals surface area contributed by atoms with Crippen molar-refractivity contribution in [3.63, 3.8) is 0 Å². The Labute approximate surface area is 99.7 Å². The molecule has 0 saturated heterocycles. The first-order valence-corrected chi connectivity index (χ1v) is 6.01. The predicted molar refractivity (Wildman–Crippen MR) is 64.3 cm³/mol. The van der Waals surface area contributed by atoms with Gasteiger partial charge in [-0.3, -0.25) is 4.79 Å². The fourth-order valence-corrected chi connectivity index (χ4v) is 2.69. The van der Waals surface area contributed by atoms with E-state index < -0.39 is 0 Å². The minimum atomic E-state index is 0.00101. The summed E-state index contributed by atoms with van der Waals surface area (Å²) in [6, 6.07) is 2.00. The van der Waals surface area contributed by atoms with E-state index in [1.807, 2.05) is 13.0 Å². The van der Waals surface area contributed by atoms with Crippen LogP contribution in [-0.2, 0) is 0 Å². The Morgan fingerprint density at radius 1 is 1.60 bits per heavy atom. The molecule has 2 aromatic heterocycles. The standard InChI is InChI=1S/C10H9BrN2OS/c1-5(14)8-4-12-10(13-8)9-3-7(11)6(2)15-9/h3-4H,1-2H3,(H,12,13). The number of halogens is 1. The maximum atomic E-state index is 11.1. The van der Waals surface area contributed by atoms with Crippen molar-refractivity contribution < 1.29 is 4.79 Å². The van der Waals surface area contributed by atoms with Gasteiger partial charge in [0.1, 0.15) is 11.5 Å². The maximum Gasteiger partial charge on any atom is 0.177 e. The van der Waals surface area contributed by atoms with Crippen LogP contribution in [0.5, 0.6) is 0 Å². The zero-order chi connectivity index (χ0) is 11.0. The molecule has 1 N–H and O–H groups in total. The van der Waals surface area contributed by atoms with Gasteiger partial charge in [0.2, 0.25) is 0 Å². The number of rotatable bonds is 2. The summed E-state index contributed by atoms with van der Waals surface area (Å²) in [5.74, 6) is 0.750. The molecule has 0 fully saturated rings. The van der Waals surface area contributed by atoms with Crippen LogP contribution in [0.3, 0.4) is 0 Å². The van der Waals surface area contributed by atoms with Crippen molar-refractivity contribution in [1.29, 1.82) is 0 Å². The molecule has 0 amide bonds. The number of carbonyl (C=O) groups is 1. The first kappa shape index (κ1) is 10.6. The number of aromatic amines is 1. The fraction of sp³-hybridized carbons (Fsp3) is 0.200. The van der Waals surface area contributed by atoms with Gasteiger partial charge in [0, 0.05) is 16.3 Å². The predicted octanol–water partition coefficient (Wildman–Crippen LogP) is 3.41. The van der Waals surface area contributed by atoms with Gasteiger partial charge in [-0.2, -0.15) is 0 Å². The molecular formula is C10H9BrN2OS. The van der Waals surface area contributed by atoms with Crippen LogP contribution < -0.4 is 0 Å². The number of nitrogens with zero attached hydrogens (tertiary/aromatic N) is 1. The van der Waals surface area contributed by atoms with Gasteiger partial charge in [-0.05, 0) is 28.9 Å². The average Bonchev–Trinajstić information content (AvgIpc) is 2.74. The van der Waals surface area contributed by atoms with Crippen molar-refractivity contribution in [1.82, 2.24) is 9.97 Å². The maximum absolute atomic E-state index is 11.1. The lowest BCUT2D eigenvalue weighted by Gasteiger charge is -1.88. The van der Waals surface area contributed by atoms with E-state index in [0.29, 0.717) is 5.69 Å². The molecule has 0 saturated carbocycles. The van der Waals surface area contributed by atoms with E-state index in [4.69, 9.17) is 0 Å². The van der Waals surface area contributed by atoms with E-state index in [1.54, 1.807) is 17.5 Å². The lowest BCUT2D eigenvalue weighted by atomic mass is 10.3. The Kier molecular flexibility index (Phi) is 2.75. The molecule has 0 aliphatic carbocycles. The largest absolute Gasteiger partial charge is 0.335 e. The van der Waals surface area contributed by atoms with Crippen molar-refractivity contribution in [3.8, 4) is 10.7 Å². The number of carbonyl (C=O) groups excluding carboxylic acids is 1. The second kappa shape index (κ2) is 3.90. The Balaban J connectivity index is 2.41. The Hall–Kier alpha value is -0.940. The van der Waals surface area contributed by atoms with Gasteiger partial charge in [0.25, 0.3) is 0 Å². The van der Waals surface area contributed by atoms with Gasteiger partial charge in [0.05, 0.1) is 11.1 Å². The first-order valence-electron chi connectivity index (χ1n) is 4.40. The normalized spacial score (nSPS) is 10.6. The average molecular weight is 285 g/mol. The Bertz CT molecular complexity index is 496. The molecule has 0 radical (unpaired) electrons. The minimum Gasteiger partial charge on any atom is -0.335 e. The van der Waals surface area contributed by atoms with Crippen LogP contribution in [0.4, 0.5) is 0 Å². The third kappa shape index (κ3) is 2.03. The van der Waals surface area contributed by atoms with Crippen LogP contribution in [0, 0.1) is 6.92 Å². The van der Waals surface area contributed by atoms with Crippen molar-refractivity contribution in [2.75, 3.05) is 0 Å². The second-order valence-electron chi connectivity index (χ2n) is 3.22. The zero-order valence-corrected chi connectivity index (χ0v) is 10.7. The molecule has 0 aliphatic rings. The second-order valence-corrected chi connectivity index (χ2v) is 5.33. The van der Waals surface area contributed by atoms with Crippen molar-refractivity contribution in [3.05, 3.63) is 27.3 Å². The highest BCUT2D eigenvalue weighted by molar-refractivity contribution is 9.10. The minimum absolute atomic E-state index is 0.00101. The van der Waals surface area contributed by atoms with E-state index in [9.17, 15) is 4.79 Å². The number of Topliss-reactive ketones (excluding diaryl/α,β-unsaturated/α-hetero) is 1. The summed E-state index contributed by atoms with van der Waals surface area (Å²) in [5, 5.41) is 0. The number of hydrogen-bond acceptors (Lipinski definition) is 3. The highest BCUT2D eigenvalue weighted by atomic mass is 79.9. The van der Waals surface area contributed by atoms with E-state index >= 15 is 0 Å². The van der Waals surface area contributed by atoms with Crippen molar-refractivity contribution in [2.45, 2.75) is 13.8 Å². The summed E-state index contributed by atoms with van der Waals surface area (Å²) in [7, 11) is 0. The Morgan fingerprint density at radius 2 is 2.33 bits per heavy atom. The van der Waals surface area contributed by atoms with Crippen LogP contribution in [0.1, 0.15) is 22.3 Å². The molecule has 2 aromatic rings. The highest BCUT2D eigenvalue weighted by Gasteiger charge is 2.10. The van der Waals surface area contributed by atoms with E-state index in [1.165, 1.54) is 11.8 Å². The molecule has 15 heavy (non-hydrogen) atoms. The SMILES string of the molecule is CC(=O)c1cnc(-c2cc(Br)c(C)s2)[nH]1. The lowest BCUT2D eigenvalue weighted by molar-refractivity contribution is 0.101. The Morgan fingerprint density at radius 3 is 2.80 bits per heavy atom. The molecule has 2 rings (SSSR count). The smallest absolute Gasteiger partial charge is 0.177 e. The van der Waals surface area contributed by atoms with Gasteiger partial charge in [-0.1, -0.05) is 0 Å². The number of aromatic nitrogens is 2. The molecule has 0 aromatic carbocycles. The molecule has 0 bridgehead atoms. The third-order valence-electron chi connectivity index (χ3n) is 2.05. The molecule has 0 atom stereocenters. The van der Waals surface area contributed by atoms with E-state index in [2.05, 4.69) is 25.9 Å². The molecule has 0 spiro atoms. The quantitative estimate of drug-likeness (QED) is 0.859. The highest BCUT2D eigenvalue weighted by Crippen LogP contribution is 2.32. The molecule has 0 aliphatic heterocycles. The van der Waals surface area contributed by atoms with Crippen LogP contribution in [0.2, 0.25) is 0 Å². The summed E-state index contributed by atoms with van der Waals surface area (Å²) in [5.41, 5.74) is 0.548. The summed E-state index contributed by atoms with van der Waals surface area (Å²) < 4.78 is 1.07. The van der Waals surface area contributed by atoms with Crippen LogP contribution in [0.25, 0.3) is 10.7 Å². The number of hydrogen-bond donors (Lipinski definition) is 1. The molecule has 5 heteroatoms. The van der Waals surface area contributed by atoms with Gasteiger partial charge in [-0.25, -0.2) is 4.98 Å². The summed E-state index contributed by atoms with van der Waals surface area (Å²) in [4.78, 5) is 20.5. The fourth-order valence-electron chi connectivity index (χ4n) is 1.20. The summed E-state index contributed by atoms with van der Waals surface area (Å²) >= 11 is 5.09. The first-order chi connectivity index (χ1) is 7.08. The van der Waals surface area contributed by atoms with E-state index in [0.717, 1.165) is 15.2 Å². The van der Waals surface area contributed by atoms with Crippen LogP contribution >= 0.6 is 27.3 Å².